The molecule has 1 aliphatic heterocycles. The lowest BCUT2D eigenvalue weighted by Gasteiger charge is -1.89. The quantitative estimate of drug-likeness (QED) is 0.541. The molecule has 6 heteroatoms. The van der Waals surface area contributed by atoms with Crippen molar-refractivity contribution in [3.63, 3.8) is 0 Å². The topological polar surface area (TPSA) is 69.4 Å². The first-order valence-corrected chi connectivity index (χ1v) is 4.88. The standard InChI is InChI=1S/C9H3NO4S/c11-8-5-6(9(12)14-8)15-7(10-5)4-2-1-3-13-4/h1-3H. The van der Waals surface area contributed by atoms with E-state index in [0.29, 0.717) is 10.8 Å². The van der Waals surface area contributed by atoms with Crippen molar-refractivity contribution in [3.8, 4) is 10.8 Å². The number of furan rings is 1. The van der Waals surface area contributed by atoms with Gasteiger partial charge >= 0.3 is 11.9 Å². The number of carbonyl (C=O) groups is 2. The molecule has 0 saturated heterocycles. The molecule has 0 atom stereocenters. The van der Waals surface area contributed by atoms with Crippen molar-refractivity contribution in [2.75, 3.05) is 0 Å². The van der Waals surface area contributed by atoms with E-state index < -0.39 is 11.9 Å². The summed E-state index contributed by atoms with van der Waals surface area (Å²) >= 11 is 1.09. The molecule has 0 bridgehead atoms. The summed E-state index contributed by atoms with van der Waals surface area (Å²) in [5, 5.41) is 0.509. The van der Waals surface area contributed by atoms with Gasteiger partial charge in [-0.25, -0.2) is 14.6 Å². The molecular weight excluding hydrogens is 218 g/mol. The van der Waals surface area contributed by atoms with Crippen LogP contribution in [-0.2, 0) is 4.74 Å². The summed E-state index contributed by atoms with van der Waals surface area (Å²) in [5.41, 5.74) is 0.0800. The summed E-state index contributed by atoms with van der Waals surface area (Å²) in [4.78, 5) is 26.5. The Balaban J connectivity index is 2.16. The Hall–Kier alpha value is -1.95. The molecule has 0 fully saturated rings. The molecule has 1 aliphatic rings. The number of rotatable bonds is 1. The van der Waals surface area contributed by atoms with Gasteiger partial charge in [0.2, 0.25) is 0 Å². The summed E-state index contributed by atoms with van der Waals surface area (Å²) in [6.07, 6.45) is 1.50. The van der Waals surface area contributed by atoms with Gasteiger partial charge in [0.05, 0.1) is 6.26 Å². The molecule has 3 heterocycles. The Kier molecular flexibility index (Phi) is 1.54. The number of thiazole rings is 1. The van der Waals surface area contributed by atoms with E-state index in [-0.39, 0.29) is 10.6 Å². The lowest BCUT2D eigenvalue weighted by Crippen LogP contribution is -1.99. The van der Waals surface area contributed by atoms with Crippen molar-refractivity contribution in [2.24, 2.45) is 0 Å². The van der Waals surface area contributed by atoms with E-state index in [1.54, 1.807) is 12.1 Å². The number of esters is 2. The lowest BCUT2D eigenvalue weighted by atomic mass is 10.4. The third kappa shape index (κ3) is 1.11. The lowest BCUT2D eigenvalue weighted by molar-refractivity contribution is 0.0443. The van der Waals surface area contributed by atoms with Crippen LogP contribution in [0.15, 0.2) is 22.8 Å². The Morgan fingerprint density at radius 3 is 2.80 bits per heavy atom. The minimum absolute atomic E-state index is 0.0800. The highest BCUT2D eigenvalue weighted by Crippen LogP contribution is 2.32. The molecule has 2 aromatic heterocycles. The monoisotopic (exact) mass is 221 g/mol. The number of hydrogen-bond acceptors (Lipinski definition) is 6. The van der Waals surface area contributed by atoms with Crippen molar-refractivity contribution in [1.82, 2.24) is 4.98 Å². The number of nitrogens with zero attached hydrogens (tertiary/aromatic N) is 1. The maximum Gasteiger partial charge on any atom is 0.366 e. The van der Waals surface area contributed by atoms with Crippen LogP contribution >= 0.6 is 11.3 Å². The molecule has 0 spiro atoms. The van der Waals surface area contributed by atoms with Crippen LogP contribution in [0.1, 0.15) is 20.2 Å². The average molecular weight is 221 g/mol. The van der Waals surface area contributed by atoms with E-state index >= 15 is 0 Å². The van der Waals surface area contributed by atoms with Gasteiger partial charge in [-0.15, -0.1) is 11.3 Å². The summed E-state index contributed by atoms with van der Waals surface area (Å²) < 4.78 is 9.49. The first-order chi connectivity index (χ1) is 7.25. The maximum absolute atomic E-state index is 11.2. The van der Waals surface area contributed by atoms with E-state index in [9.17, 15) is 9.59 Å². The SMILES string of the molecule is O=C1OC(=O)c2sc(-c3ccco3)nc21. The first kappa shape index (κ1) is 8.37. The third-order valence-electron chi connectivity index (χ3n) is 1.92. The van der Waals surface area contributed by atoms with Crippen molar-refractivity contribution in [3.05, 3.63) is 29.0 Å². The minimum Gasteiger partial charge on any atom is -0.462 e. The molecular formula is C9H3NO4S. The van der Waals surface area contributed by atoms with Gasteiger partial charge in [-0.1, -0.05) is 0 Å². The fourth-order valence-electron chi connectivity index (χ4n) is 1.28. The van der Waals surface area contributed by atoms with Gasteiger partial charge < -0.3 is 9.15 Å². The highest BCUT2D eigenvalue weighted by Gasteiger charge is 2.35. The number of fused-ring (bicyclic) bond motifs is 1. The largest absolute Gasteiger partial charge is 0.462 e. The Morgan fingerprint density at radius 2 is 2.13 bits per heavy atom. The smallest absolute Gasteiger partial charge is 0.366 e. The van der Waals surface area contributed by atoms with Gasteiger partial charge in [-0.2, -0.15) is 0 Å². The highest BCUT2D eigenvalue weighted by atomic mass is 32.1. The maximum atomic E-state index is 11.2. The summed E-state index contributed by atoms with van der Waals surface area (Å²) in [5.74, 6) is -0.788. The molecule has 2 aromatic rings. The highest BCUT2D eigenvalue weighted by molar-refractivity contribution is 7.17. The summed E-state index contributed by atoms with van der Waals surface area (Å²) in [7, 11) is 0. The van der Waals surface area contributed by atoms with Crippen LogP contribution in [0.4, 0.5) is 0 Å². The summed E-state index contributed by atoms with van der Waals surface area (Å²) in [6, 6.07) is 3.42. The molecule has 0 unspecified atom stereocenters. The third-order valence-corrected chi connectivity index (χ3v) is 2.97. The zero-order chi connectivity index (χ0) is 10.4. The molecule has 0 aliphatic carbocycles. The second-order valence-corrected chi connectivity index (χ2v) is 3.85. The van der Waals surface area contributed by atoms with Crippen LogP contribution in [0.25, 0.3) is 10.8 Å². The predicted octanol–water partition coefficient (Wildman–Crippen LogP) is 1.71. The molecule has 15 heavy (non-hydrogen) atoms. The van der Waals surface area contributed by atoms with Crippen molar-refractivity contribution >= 4 is 23.3 Å². The van der Waals surface area contributed by atoms with Gasteiger partial charge in [-0.3, -0.25) is 0 Å². The van der Waals surface area contributed by atoms with E-state index in [4.69, 9.17) is 4.42 Å². The Morgan fingerprint density at radius 1 is 1.27 bits per heavy atom. The molecule has 74 valence electrons. The average Bonchev–Trinajstić information content (AvgIpc) is 2.88. The van der Waals surface area contributed by atoms with Gasteiger partial charge in [0.1, 0.15) is 4.88 Å². The number of hydrogen-bond donors (Lipinski definition) is 0. The Bertz CT molecular complexity index is 523. The van der Waals surface area contributed by atoms with Crippen LogP contribution in [0, 0.1) is 0 Å². The van der Waals surface area contributed by atoms with Crippen LogP contribution < -0.4 is 0 Å². The van der Waals surface area contributed by atoms with Crippen LogP contribution in [-0.4, -0.2) is 16.9 Å². The second-order valence-electron chi connectivity index (χ2n) is 2.85. The van der Waals surface area contributed by atoms with Crippen molar-refractivity contribution in [2.45, 2.75) is 0 Å². The van der Waals surface area contributed by atoms with Gasteiger partial charge in [0.15, 0.2) is 16.5 Å². The number of carbonyl (C=O) groups excluding carboxylic acids is 2. The molecule has 0 saturated carbocycles. The van der Waals surface area contributed by atoms with E-state index in [1.807, 2.05) is 0 Å². The van der Waals surface area contributed by atoms with Gasteiger partial charge in [0, 0.05) is 0 Å². The minimum atomic E-state index is -0.691. The molecule has 3 rings (SSSR count). The van der Waals surface area contributed by atoms with E-state index in [2.05, 4.69) is 9.72 Å². The van der Waals surface area contributed by atoms with Crippen LogP contribution in [0.5, 0.6) is 0 Å². The van der Waals surface area contributed by atoms with Gasteiger partial charge in [0.25, 0.3) is 0 Å². The van der Waals surface area contributed by atoms with Gasteiger partial charge in [-0.05, 0) is 12.1 Å². The van der Waals surface area contributed by atoms with Crippen LogP contribution in [0.3, 0.4) is 0 Å². The van der Waals surface area contributed by atoms with Crippen molar-refractivity contribution in [1.29, 1.82) is 0 Å². The molecule has 5 nitrogen and oxygen atoms in total. The molecule has 0 aromatic carbocycles. The molecule has 0 N–H and O–H groups in total. The molecule has 0 radical (unpaired) electrons. The zero-order valence-corrected chi connectivity index (χ0v) is 8.04. The normalized spacial score (nSPS) is 14.1. The number of cyclic esters (lactones) is 2. The number of ether oxygens (including phenoxy) is 1. The van der Waals surface area contributed by atoms with Crippen molar-refractivity contribution < 1.29 is 18.7 Å². The fourth-order valence-corrected chi connectivity index (χ4v) is 2.18. The second kappa shape index (κ2) is 2.77. The van der Waals surface area contributed by atoms with Crippen LogP contribution in [0.2, 0.25) is 0 Å². The zero-order valence-electron chi connectivity index (χ0n) is 7.22. The Labute approximate surface area is 87.3 Å². The predicted molar refractivity (Wildman–Crippen MR) is 49.6 cm³/mol. The van der Waals surface area contributed by atoms with E-state index in [1.165, 1.54) is 6.26 Å². The molecule has 0 amide bonds. The first-order valence-electron chi connectivity index (χ1n) is 4.07. The number of aromatic nitrogens is 1. The summed E-state index contributed by atoms with van der Waals surface area (Å²) in [6.45, 7) is 0. The van der Waals surface area contributed by atoms with E-state index in [0.717, 1.165) is 11.3 Å². The fraction of sp³-hybridized carbons (Fsp3) is 0.